The zero-order valence-electron chi connectivity index (χ0n) is 6.99. The molecule has 0 heterocycles. The lowest BCUT2D eigenvalue weighted by molar-refractivity contribution is -0.108. The summed E-state index contributed by atoms with van der Waals surface area (Å²) in [5.41, 5.74) is 0. The van der Waals surface area contributed by atoms with E-state index in [-0.39, 0.29) is 0 Å². The van der Waals surface area contributed by atoms with Crippen molar-refractivity contribution < 1.29 is 9.90 Å². The SMILES string of the molecule is CCC(CC=O)CC/C=C\O. The molecule has 2 nitrogen and oxygen atoms in total. The Kier molecular flexibility index (Phi) is 6.79. The number of aldehydes is 1. The molecule has 11 heavy (non-hydrogen) atoms. The molecule has 0 fully saturated rings. The van der Waals surface area contributed by atoms with Crippen LogP contribution in [-0.2, 0) is 4.79 Å². The number of hydrogen-bond acceptors (Lipinski definition) is 2. The molecule has 0 aliphatic carbocycles. The minimum Gasteiger partial charge on any atom is -0.516 e. The molecule has 1 N–H and O–H groups in total. The highest BCUT2D eigenvalue weighted by molar-refractivity contribution is 5.49. The second kappa shape index (κ2) is 7.32. The van der Waals surface area contributed by atoms with E-state index in [1.807, 2.05) is 0 Å². The zero-order chi connectivity index (χ0) is 8.53. The number of carbonyl (C=O) groups is 1. The van der Waals surface area contributed by atoms with Crippen molar-refractivity contribution in [2.24, 2.45) is 5.92 Å². The molecule has 0 aliphatic rings. The highest BCUT2D eigenvalue weighted by atomic mass is 16.2. The van der Waals surface area contributed by atoms with Crippen LogP contribution in [0.4, 0.5) is 0 Å². The van der Waals surface area contributed by atoms with E-state index in [0.717, 1.165) is 31.8 Å². The van der Waals surface area contributed by atoms with Crippen molar-refractivity contribution in [2.45, 2.75) is 32.6 Å². The molecule has 64 valence electrons. The van der Waals surface area contributed by atoms with Crippen LogP contribution in [-0.4, -0.2) is 11.4 Å². The molecule has 2 heteroatoms. The molecule has 0 spiro atoms. The van der Waals surface area contributed by atoms with Gasteiger partial charge in [-0.2, -0.15) is 0 Å². The molecule has 0 bridgehead atoms. The number of aliphatic hydroxyl groups excluding tert-OH is 1. The van der Waals surface area contributed by atoms with Crippen molar-refractivity contribution in [3.8, 4) is 0 Å². The third kappa shape index (κ3) is 5.64. The average molecular weight is 156 g/mol. The zero-order valence-corrected chi connectivity index (χ0v) is 6.99. The van der Waals surface area contributed by atoms with E-state index in [4.69, 9.17) is 5.11 Å². The molecular weight excluding hydrogens is 140 g/mol. The fourth-order valence-electron chi connectivity index (χ4n) is 1.03. The molecule has 0 rings (SSSR count). The van der Waals surface area contributed by atoms with E-state index < -0.39 is 0 Å². The van der Waals surface area contributed by atoms with E-state index >= 15 is 0 Å². The number of hydrogen-bond donors (Lipinski definition) is 1. The van der Waals surface area contributed by atoms with Gasteiger partial charge in [-0.25, -0.2) is 0 Å². The molecule has 0 aromatic carbocycles. The van der Waals surface area contributed by atoms with Crippen molar-refractivity contribution in [1.82, 2.24) is 0 Å². The number of aliphatic hydroxyl groups is 1. The molecule has 1 unspecified atom stereocenters. The first-order valence-corrected chi connectivity index (χ1v) is 4.08. The topological polar surface area (TPSA) is 37.3 Å². The molecule has 0 amide bonds. The Labute approximate surface area is 67.9 Å². The first-order chi connectivity index (χ1) is 5.35. The maximum atomic E-state index is 10.1. The van der Waals surface area contributed by atoms with Crippen molar-refractivity contribution >= 4 is 6.29 Å². The summed E-state index contributed by atoms with van der Waals surface area (Å²) in [5, 5.41) is 8.33. The summed E-state index contributed by atoms with van der Waals surface area (Å²) >= 11 is 0. The van der Waals surface area contributed by atoms with Crippen LogP contribution < -0.4 is 0 Å². The predicted octanol–water partition coefficient (Wildman–Crippen LogP) is 2.45. The van der Waals surface area contributed by atoms with Gasteiger partial charge in [-0.15, -0.1) is 0 Å². The molecule has 0 aliphatic heterocycles. The maximum absolute atomic E-state index is 10.1. The highest BCUT2D eigenvalue weighted by Crippen LogP contribution is 2.13. The molecule has 0 aromatic rings. The van der Waals surface area contributed by atoms with Gasteiger partial charge in [0.25, 0.3) is 0 Å². The third-order valence-corrected chi connectivity index (χ3v) is 1.85. The van der Waals surface area contributed by atoms with Crippen molar-refractivity contribution in [1.29, 1.82) is 0 Å². The Morgan fingerprint density at radius 2 is 2.27 bits per heavy atom. The van der Waals surface area contributed by atoms with Gasteiger partial charge in [0.15, 0.2) is 0 Å². The first-order valence-electron chi connectivity index (χ1n) is 4.08. The molecule has 0 saturated carbocycles. The third-order valence-electron chi connectivity index (χ3n) is 1.85. The molecule has 1 atom stereocenters. The second-order valence-corrected chi connectivity index (χ2v) is 2.64. The molecule has 0 aromatic heterocycles. The van der Waals surface area contributed by atoms with E-state index in [1.54, 1.807) is 6.08 Å². The lowest BCUT2D eigenvalue weighted by Crippen LogP contribution is -1.98. The maximum Gasteiger partial charge on any atom is 0.120 e. The van der Waals surface area contributed by atoms with Gasteiger partial charge in [0.1, 0.15) is 6.29 Å². The fraction of sp³-hybridized carbons (Fsp3) is 0.667. The van der Waals surface area contributed by atoms with Crippen molar-refractivity contribution in [2.75, 3.05) is 0 Å². The lowest BCUT2D eigenvalue weighted by Gasteiger charge is -2.08. The van der Waals surface area contributed by atoms with Crippen molar-refractivity contribution in [3.05, 3.63) is 12.3 Å². The van der Waals surface area contributed by atoms with Crippen LogP contribution in [0.15, 0.2) is 12.3 Å². The Morgan fingerprint density at radius 3 is 2.73 bits per heavy atom. The van der Waals surface area contributed by atoms with Crippen LogP contribution in [0, 0.1) is 5.92 Å². The van der Waals surface area contributed by atoms with E-state index in [0.29, 0.717) is 12.3 Å². The molecule has 0 saturated heterocycles. The van der Waals surface area contributed by atoms with Gasteiger partial charge in [-0.05, 0) is 18.8 Å². The van der Waals surface area contributed by atoms with Gasteiger partial charge in [0.2, 0.25) is 0 Å². The summed E-state index contributed by atoms with van der Waals surface area (Å²) in [5.74, 6) is 0.490. The summed E-state index contributed by atoms with van der Waals surface area (Å²) in [6, 6.07) is 0. The summed E-state index contributed by atoms with van der Waals surface area (Å²) in [4.78, 5) is 10.1. The Hall–Kier alpha value is -0.790. The van der Waals surface area contributed by atoms with Crippen LogP contribution in [0.5, 0.6) is 0 Å². The largest absolute Gasteiger partial charge is 0.516 e. The van der Waals surface area contributed by atoms with Gasteiger partial charge in [0, 0.05) is 6.42 Å². The van der Waals surface area contributed by atoms with Crippen LogP contribution in [0.25, 0.3) is 0 Å². The van der Waals surface area contributed by atoms with Gasteiger partial charge in [-0.3, -0.25) is 0 Å². The van der Waals surface area contributed by atoms with Crippen LogP contribution in [0.2, 0.25) is 0 Å². The van der Waals surface area contributed by atoms with Gasteiger partial charge in [0.05, 0.1) is 6.26 Å². The summed E-state index contributed by atoms with van der Waals surface area (Å²) < 4.78 is 0. The normalized spacial score (nSPS) is 13.5. The van der Waals surface area contributed by atoms with E-state index in [1.165, 1.54) is 0 Å². The molecule has 0 radical (unpaired) electrons. The lowest BCUT2D eigenvalue weighted by atomic mass is 9.97. The second-order valence-electron chi connectivity index (χ2n) is 2.64. The van der Waals surface area contributed by atoms with Gasteiger partial charge >= 0.3 is 0 Å². The Bertz CT molecular complexity index is 119. The van der Waals surface area contributed by atoms with E-state index in [2.05, 4.69) is 6.92 Å². The summed E-state index contributed by atoms with van der Waals surface area (Å²) in [7, 11) is 0. The standard InChI is InChI=1S/C9H16O2/c1-2-9(6-8-11)5-3-4-7-10/h4,7-10H,2-3,5-6H2,1H3/b7-4-. The van der Waals surface area contributed by atoms with Crippen LogP contribution in [0.1, 0.15) is 32.6 Å². The van der Waals surface area contributed by atoms with Gasteiger partial charge in [-0.1, -0.05) is 19.4 Å². The monoisotopic (exact) mass is 156 g/mol. The van der Waals surface area contributed by atoms with Crippen LogP contribution >= 0.6 is 0 Å². The number of carbonyl (C=O) groups excluding carboxylic acids is 1. The fourth-order valence-corrected chi connectivity index (χ4v) is 1.03. The smallest absolute Gasteiger partial charge is 0.120 e. The quantitative estimate of drug-likeness (QED) is 0.473. The number of rotatable bonds is 6. The van der Waals surface area contributed by atoms with Crippen molar-refractivity contribution in [3.63, 3.8) is 0 Å². The average Bonchev–Trinajstić information content (AvgIpc) is 2.03. The van der Waals surface area contributed by atoms with Gasteiger partial charge < -0.3 is 9.90 Å². The minimum atomic E-state index is 0.490. The molecular formula is C9H16O2. The first kappa shape index (κ1) is 10.2. The Morgan fingerprint density at radius 1 is 1.55 bits per heavy atom. The highest BCUT2D eigenvalue weighted by Gasteiger charge is 2.02. The van der Waals surface area contributed by atoms with E-state index in [9.17, 15) is 4.79 Å². The predicted molar refractivity (Wildman–Crippen MR) is 45.5 cm³/mol. The Balaban J connectivity index is 3.42. The summed E-state index contributed by atoms with van der Waals surface area (Å²) in [6.45, 7) is 2.08. The minimum absolute atomic E-state index is 0.490. The number of allylic oxidation sites excluding steroid dienone is 1. The summed E-state index contributed by atoms with van der Waals surface area (Å²) in [6.07, 6.45) is 7.29. The van der Waals surface area contributed by atoms with Crippen LogP contribution in [0.3, 0.4) is 0 Å².